The third-order valence-corrected chi connectivity index (χ3v) is 3.34. The lowest BCUT2D eigenvalue weighted by Gasteiger charge is -2.12. The number of benzene rings is 2. The van der Waals surface area contributed by atoms with Crippen molar-refractivity contribution >= 4 is 5.91 Å². The Morgan fingerprint density at radius 1 is 1.24 bits per heavy atom. The van der Waals surface area contributed by atoms with Crippen LogP contribution in [0, 0.1) is 11.6 Å². The molecule has 1 heterocycles. The van der Waals surface area contributed by atoms with Crippen LogP contribution < -0.4 is 10.1 Å². The highest BCUT2D eigenvalue weighted by molar-refractivity contribution is 5.94. The van der Waals surface area contributed by atoms with Gasteiger partial charge in [-0.25, -0.2) is 8.78 Å². The molecule has 1 aliphatic heterocycles. The predicted molar refractivity (Wildman–Crippen MR) is 73.3 cm³/mol. The van der Waals surface area contributed by atoms with Gasteiger partial charge < -0.3 is 10.1 Å². The molecule has 0 saturated carbocycles. The van der Waals surface area contributed by atoms with E-state index < -0.39 is 11.6 Å². The van der Waals surface area contributed by atoms with Gasteiger partial charge in [-0.05, 0) is 18.2 Å². The van der Waals surface area contributed by atoms with Gasteiger partial charge in [0.1, 0.15) is 11.9 Å². The van der Waals surface area contributed by atoms with Crippen LogP contribution in [-0.4, -0.2) is 18.6 Å². The highest BCUT2D eigenvalue weighted by Gasteiger charge is 2.27. The van der Waals surface area contributed by atoms with E-state index in [1.165, 1.54) is 6.07 Å². The van der Waals surface area contributed by atoms with Crippen molar-refractivity contribution in [3.05, 3.63) is 65.2 Å². The summed E-state index contributed by atoms with van der Waals surface area (Å²) in [6.45, 7) is 0.240. The summed E-state index contributed by atoms with van der Waals surface area (Å²) in [5.74, 6) is -1.47. The molecule has 21 heavy (non-hydrogen) atoms. The number of ether oxygens (including phenoxy) is 1. The summed E-state index contributed by atoms with van der Waals surface area (Å²) in [7, 11) is 0. The van der Waals surface area contributed by atoms with Crippen LogP contribution in [0.25, 0.3) is 0 Å². The van der Waals surface area contributed by atoms with Gasteiger partial charge >= 0.3 is 0 Å². The average molecular weight is 289 g/mol. The van der Waals surface area contributed by atoms with Gasteiger partial charge in [0, 0.05) is 23.6 Å². The quantitative estimate of drug-likeness (QED) is 0.943. The molecule has 5 heteroatoms. The van der Waals surface area contributed by atoms with Crippen molar-refractivity contribution in [3.63, 3.8) is 0 Å². The molecule has 1 atom stereocenters. The molecule has 0 radical (unpaired) electrons. The Morgan fingerprint density at radius 2 is 2.00 bits per heavy atom. The standard InChI is InChI=1S/C16H13F2NO2/c17-12-6-11-7-13(21-15(11)14(18)8-12)9-19-16(20)10-4-2-1-3-5-10/h1-6,8,13H,7,9H2,(H,19,20)/t13-/m0/s1. The maximum absolute atomic E-state index is 13.5. The summed E-state index contributed by atoms with van der Waals surface area (Å²) in [6, 6.07) is 10.8. The molecule has 1 N–H and O–H groups in total. The fourth-order valence-electron chi connectivity index (χ4n) is 2.36. The van der Waals surface area contributed by atoms with Crippen LogP contribution in [-0.2, 0) is 6.42 Å². The van der Waals surface area contributed by atoms with Gasteiger partial charge in [-0.3, -0.25) is 4.79 Å². The minimum absolute atomic E-state index is 0.0790. The molecule has 0 aliphatic carbocycles. The smallest absolute Gasteiger partial charge is 0.251 e. The highest BCUT2D eigenvalue weighted by atomic mass is 19.1. The Hall–Kier alpha value is -2.43. The molecule has 3 nitrogen and oxygen atoms in total. The summed E-state index contributed by atoms with van der Waals surface area (Å²) >= 11 is 0. The maximum atomic E-state index is 13.5. The number of rotatable bonds is 3. The average Bonchev–Trinajstić information content (AvgIpc) is 2.89. The second-order valence-electron chi connectivity index (χ2n) is 4.90. The zero-order valence-electron chi connectivity index (χ0n) is 11.1. The van der Waals surface area contributed by atoms with Crippen LogP contribution in [0.2, 0.25) is 0 Å². The lowest BCUT2D eigenvalue weighted by atomic mass is 10.1. The van der Waals surface area contributed by atoms with Gasteiger partial charge in [0.05, 0.1) is 6.54 Å². The lowest BCUT2D eigenvalue weighted by molar-refractivity contribution is 0.0933. The number of fused-ring (bicyclic) bond motifs is 1. The van der Waals surface area contributed by atoms with Crippen molar-refractivity contribution in [2.45, 2.75) is 12.5 Å². The highest BCUT2D eigenvalue weighted by Crippen LogP contribution is 2.32. The molecule has 2 aromatic rings. The summed E-state index contributed by atoms with van der Waals surface area (Å²) in [5, 5.41) is 2.73. The molecule has 1 aliphatic rings. The minimum Gasteiger partial charge on any atom is -0.485 e. The molecule has 0 unspecified atom stereocenters. The van der Waals surface area contributed by atoms with Gasteiger partial charge in [-0.2, -0.15) is 0 Å². The summed E-state index contributed by atoms with van der Waals surface area (Å²) in [5.41, 5.74) is 1.04. The fraction of sp³-hybridized carbons (Fsp3) is 0.188. The van der Waals surface area contributed by atoms with Crippen LogP contribution in [0.3, 0.4) is 0 Å². The first kappa shape index (κ1) is 13.5. The van der Waals surface area contributed by atoms with Crippen molar-refractivity contribution < 1.29 is 18.3 Å². The summed E-state index contributed by atoms with van der Waals surface area (Å²) in [6.07, 6.45) is -0.0111. The fourth-order valence-corrected chi connectivity index (χ4v) is 2.36. The molecule has 108 valence electrons. The molecular weight excluding hydrogens is 276 g/mol. The maximum Gasteiger partial charge on any atom is 0.251 e. The first-order valence-electron chi connectivity index (χ1n) is 6.61. The van der Waals surface area contributed by atoms with Crippen LogP contribution in [0.5, 0.6) is 5.75 Å². The van der Waals surface area contributed by atoms with Crippen molar-refractivity contribution in [1.82, 2.24) is 5.32 Å². The lowest BCUT2D eigenvalue weighted by Crippen LogP contribution is -2.34. The third-order valence-electron chi connectivity index (χ3n) is 3.34. The van der Waals surface area contributed by atoms with E-state index in [4.69, 9.17) is 4.74 Å². The molecule has 0 bridgehead atoms. The van der Waals surface area contributed by atoms with E-state index >= 15 is 0 Å². The molecule has 0 fully saturated rings. The third kappa shape index (κ3) is 2.86. The molecule has 2 aromatic carbocycles. The normalized spacial score (nSPS) is 16.2. The SMILES string of the molecule is O=C(NC[C@@H]1Cc2cc(F)cc(F)c2O1)c1ccccc1. The predicted octanol–water partition coefficient (Wildman–Crippen LogP) is 2.70. The number of hydrogen-bond donors (Lipinski definition) is 1. The topological polar surface area (TPSA) is 38.3 Å². The van der Waals surface area contributed by atoms with E-state index in [-0.39, 0.29) is 24.3 Å². The van der Waals surface area contributed by atoms with Crippen molar-refractivity contribution in [1.29, 1.82) is 0 Å². The molecule has 0 aromatic heterocycles. The van der Waals surface area contributed by atoms with E-state index in [1.807, 2.05) is 6.07 Å². The molecule has 3 rings (SSSR count). The van der Waals surface area contributed by atoms with Crippen LogP contribution >= 0.6 is 0 Å². The number of carbonyl (C=O) groups excluding carboxylic acids is 1. The number of hydrogen-bond acceptors (Lipinski definition) is 2. The van der Waals surface area contributed by atoms with E-state index in [1.54, 1.807) is 24.3 Å². The van der Waals surface area contributed by atoms with Crippen LogP contribution in [0.15, 0.2) is 42.5 Å². The zero-order valence-corrected chi connectivity index (χ0v) is 11.1. The zero-order chi connectivity index (χ0) is 14.8. The van der Waals surface area contributed by atoms with Gasteiger partial charge in [0.15, 0.2) is 11.6 Å². The second kappa shape index (κ2) is 5.52. The number of nitrogens with one attached hydrogen (secondary N) is 1. The van der Waals surface area contributed by atoms with E-state index in [0.29, 0.717) is 17.5 Å². The first-order valence-corrected chi connectivity index (χ1v) is 6.61. The molecular formula is C16H13F2NO2. The van der Waals surface area contributed by atoms with E-state index in [0.717, 1.165) is 6.07 Å². The van der Waals surface area contributed by atoms with Gasteiger partial charge in [-0.1, -0.05) is 18.2 Å². The second-order valence-corrected chi connectivity index (χ2v) is 4.90. The first-order chi connectivity index (χ1) is 10.1. The largest absolute Gasteiger partial charge is 0.485 e. The summed E-state index contributed by atoms with van der Waals surface area (Å²) in [4.78, 5) is 11.9. The Bertz CT molecular complexity index is 673. The van der Waals surface area contributed by atoms with E-state index in [9.17, 15) is 13.6 Å². The van der Waals surface area contributed by atoms with Gasteiger partial charge in [0.2, 0.25) is 0 Å². The minimum atomic E-state index is -0.707. The van der Waals surface area contributed by atoms with Crippen molar-refractivity contribution in [3.8, 4) is 5.75 Å². The Labute approximate surface area is 120 Å². The molecule has 0 saturated heterocycles. The van der Waals surface area contributed by atoms with Crippen molar-refractivity contribution in [2.24, 2.45) is 0 Å². The summed E-state index contributed by atoms with van der Waals surface area (Å²) < 4.78 is 32.1. The Balaban J connectivity index is 1.62. The Morgan fingerprint density at radius 3 is 2.76 bits per heavy atom. The van der Waals surface area contributed by atoms with Gasteiger partial charge in [0.25, 0.3) is 5.91 Å². The number of halogens is 2. The van der Waals surface area contributed by atoms with Gasteiger partial charge in [-0.15, -0.1) is 0 Å². The monoisotopic (exact) mass is 289 g/mol. The van der Waals surface area contributed by atoms with E-state index in [2.05, 4.69) is 5.32 Å². The molecule has 1 amide bonds. The van der Waals surface area contributed by atoms with Crippen molar-refractivity contribution in [2.75, 3.05) is 6.54 Å². The van der Waals surface area contributed by atoms with Crippen LogP contribution in [0.1, 0.15) is 15.9 Å². The van der Waals surface area contributed by atoms with Crippen LogP contribution in [0.4, 0.5) is 8.78 Å². The number of amides is 1. The number of carbonyl (C=O) groups is 1. The Kier molecular flexibility index (Phi) is 3.56. The molecule has 0 spiro atoms.